The largest absolute Gasteiger partial charge is 0.370 e. The van der Waals surface area contributed by atoms with Crippen molar-refractivity contribution in [1.82, 2.24) is 4.98 Å². The van der Waals surface area contributed by atoms with Crippen LogP contribution in [0, 0.1) is 5.82 Å². The van der Waals surface area contributed by atoms with E-state index in [1.165, 1.54) is 6.07 Å². The van der Waals surface area contributed by atoms with E-state index in [2.05, 4.69) is 33.2 Å². The number of nitrogens with zero attached hydrogens (tertiary/aromatic N) is 1. The van der Waals surface area contributed by atoms with Gasteiger partial charge in [-0.2, -0.15) is 0 Å². The second-order valence-corrected chi connectivity index (χ2v) is 4.75. The van der Waals surface area contributed by atoms with Crippen LogP contribution < -0.4 is 5.32 Å². The van der Waals surface area contributed by atoms with Crippen LogP contribution in [0.1, 0.15) is 19.8 Å². The summed E-state index contributed by atoms with van der Waals surface area (Å²) in [7, 11) is 0. The number of rotatable bonds is 4. The van der Waals surface area contributed by atoms with Gasteiger partial charge < -0.3 is 5.32 Å². The van der Waals surface area contributed by atoms with E-state index < -0.39 is 0 Å². The predicted molar refractivity (Wildman–Crippen MR) is 72.8 cm³/mol. The molecule has 17 heavy (non-hydrogen) atoms. The average molecular weight is 297 g/mol. The number of benzene rings is 1. The molecule has 90 valence electrons. The molecule has 1 aromatic heterocycles. The molecule has 0 spiro atoms. The maximum atomic E-state index is 13.7. The van der Waals surface area contributed by atoms with Crippen LogP contribution in [0.4, 0.5) is 10.2 Å². The quantitative estimate of drug-likeness (QED) is 0.849. The topological polar surface area (TPSA) is 24.9 Å². The van der Waals surface area contributed by atoms with Crippen LogP contribution in [0.3, 0.4) is 0 Å². The summed E-state index contributed by atoms with van der Waals surface area (Å²) in [5.74, 6) is 0.520. The highest BCUT2D eigenvalue weighted by molar-refractivity contribution is 9.10. The van der Waals surface area contributed by atoms with Crippen molar-refractivity contribution in [1.29, 1.82) is 0 Å². The molecule has 0 fully saturated rings. The highest BCUT2D eigenvalue weighted by Crippen LogP contribution is 2.30. The first-order chi connectivity index (χ1) is 8.24. The van der Waals surface area contributed by atoms with Crippen molar-refractivity contribution in [3.8, 4) is 0 Å². The van der Waals surface area contributed by atoms with Gasteiger partial charge in [-0.1, -0.05) is 25.5 Å². The lowest BCUT2D eigenvalue weighted by Gasteiger charge is -2.09. The van der Waals surface area contributed by atoms with Gasteiger partial charge in [0.1, 0.15) is 11.6 Å². The van der Waals surface area contributed by atoms with Crippen LogP contribution in [0.25, 0.3) is 10.8 Å². The van der Waals surface area contributed by atoms with Crippen LogP contribution in [-0.4, -0.2) is 11.5 Å². The molecule has 1 N–H and O–H groups in total. The van der Waals surface area contributed by atoms with Crippen molar-refractivity contribution in [2.75, 3.05) is 11.9 Å². The van der Waals surface area contributed by atoms with Gasteiger partial charge >= 0.3 is 0 Å². The SMILES string of the molecule is CCCCNc1ncc(Br)c2c(F)cccc12. The fourth-order valence-corrected chi connectivity index (χ4v) is 2.25. The molecule has 0 amide bonds. The predicted octanol–water partition coefficient (Wildman–Crippen LogP) is 4.35. The highest BCUT2D eigenvalue weighted by Gasteiger charge is 2.09. The summed E-state index contributed by atoms with van der Waals surface area (Å²) < 4.78 is 14.4. The van der Waals surface area contributed by atoms with Gasteiger partial charge in [-0.25, -0.2) is 9.37 Å². The minimum absolute atomic E-state index is 0.227. The molecule has 0 aliphatic carbocycles. The molecule has 0 saturated carbocycles. The van der Waals surface area contributed by atoms with Crippen molar-refractivity contribution in [2.24, 2.45) is 0 Å². The Bertz CT molecular complexity index is 520. The summed E-state index contributed by atoms with van der Waals surface area (Å²) in [5.41, 5.74) is 0. The summed E-state index contributed by atoms with van der Waals surface area (Å²) in [5, 5.41) is 4.64. The molecule has 4 heteroatoms. The van der Waals surface area contributed by atoms with Gasteiger partial charge in [-0.15, -0.1) is 0 Å². The van der Waals surface area contributed by atoms with E-state index in [1.807, 2.05) is 6.07 Å². The smallest absolute Gasteiger partial charge is 0.134 e. The third-order valence-electron chi connectivity index (χ3n) is 2.64. The molecule has 2 rings (SSSR count). The molecule has 0 atom stereocenters. The zero-order chi connectivity index (χ0) is 12.3. The summed E-state index contributed by atoms with van der Waals surface area (Å²) in [4.78, 5) is 4.29. The van der Waals surface area contributed by atoms with E-state index in [-0.39, 0.29) is 5.82 Å². The van der Waals surface area contributed by atoms with E-state index in [0.29, 0.717) is 9.86 Å². The van der Waals surface area contributed by atoms with Gasteiger partial charge in [0.15, 0.2) is 0 Å². The van der Waals surface area contributed by atoms with E-state index in [4.69, 9.17) is 0 Å². The van der Waals surface area contributed by atoms with Crippen molar-refractivity contribution >= 4 is 32.5 Å². The van der Waals surface area contributed by atoms with Crippen molar-refractivity contribution in [3.63, 3.8) is 0 Å². The molecular weight excluding hydrogens is 283 g/mol. The first kappa shape index (κ1) is 12.3. The Morgan fingerprint density at radius 3 is 3.00 bits per heavy atom. The number of halogens is 2. The lowest BCUT2D eigenvalue weighted by Crippen LogP contribution is -2.03. The van der Waals surface area contributed by atoms with Crippen molar-refractivity contribution in [2.45, 2.75) is 19.8 Å². The number of fused-ring (bicyclic) bond motifs is 1. The Balaban J connectivity index is 2.44. The second kappa shape index (κ2) is 5.45. The molecule has 0 radical (unpaired) electrons. The van der Waals surface area contributed by atoms with E-state index in [9.17, 15) is 4.39 Å². The molecule has 0 aliphatic heterocycles. The van der Waals surface area contributed by atoms with Crippen molar-refractivity contribution in [3.05, 3.63) is 34.7 Å². The molecule has 1 heterocycles. The lowest BCUT2D eigenvalue weighted by molar-refractivity contribution is 0.639. The van der Waals surface area contributed by atoms with E-state index >= 15 is 0 Å². The summed E-state index contributed by atoms with van der Waals surface area (Å²) in [6.07, 6.45) is 3.84. The van der Waals surface area contributed by atoms with Crippen LogP contribution in [0.15, 0.2) is 28.9 Å². The standard InChI is InChI=1S/C13H14BrFN2/c1-2-3-7-16-13-9-5-4-6-11(15)12(9)10(14)8-17-13/h4-6,8H,2-3,7H2,1H3,(H,16,17). The molecule has 0 bridgehead atoms. The minimum atomic E-state index is -0.227. The Hall–Kier alpha value is -1.16. The van der Waals surface area contributed by atoms with Gasteiger partial charge in [0.25, 0.3) is 0 Å². The van der Waals surface area contributed by atoms with Gasteiger partial charge in [-0.05, 0) is 28.4 Å². The number of pyridine rings is 1. The van der Waals surface area contributed by atoms with Crippen LogP contribution in [0.2, 0.25) is 0 Å². The monoisotopic (exact) mass is 296 g/mol. The number of hydrogen-bond acceptors (Lipinski definition) is 2. The van der Waals surface area contributed by atoms with Gasteiger partial charge in [0.05, 0.1) is 0 Å². The maximum absolute atomic E-state index is 13.7. The number of unbranched alkanes of at least 4 members (excludes halogenated alkanes) is 1. The Labute approximate surface area is 108 Å². The van der Waals surface area contributed by atoms with Gasteiger partial charge in [0.2, 0.25) is 0 Å². The first-order valence-corrected chi connectivity index (χ1v) is 6.50. The fraction of sp³-hybridized carbons (Fsp3) is 0.308. The van der Waals surface area contributed by atoms with Gasteiger partial charge in [0, 0.05) is 28.0 Å². The summed E-state index contributed by atoms with van der Waals surface area (Å²) in [6.45, 7) is 2.99. The lowest BCUT2D eigenvalue weighted by atomic mass is 10.1. The zero-order valence-electron chi connectivity index (χ0n) is 9.63. The van der Waals surface area contributed by atoms with Crippen molar-refractivity contribution < 1.29 is 4.39 Å². The third-order valence-corrected chi connectivity index (χ3v) is 3.24. The Morgan fingerprint density at radius 2 is 2.24 bits per heavy atom. The minimum Gasteiger partial charge on any atom is -0.370 e. The zero-order valence-corrected chi connectivity index (χ0v) is 11.2. The fourth-order valence-electron chi connectivity index (χ4n) is 1.74. The number of hydrogen-bond donors (Lipinski definition) is 1. The maximum Gasteiger partial charge on any atom is 0.134 e. The Morgan fingerprint density at radius 1 is 1.41 bits per heavy atom. The van der Waals surface area contributed by atoms with E-state index in [1.54, 1.807) is 12.3 Å². The molecule has 0 unspecified atom stereocenters. The van der Waals surface area contributed by atoms with Gasteiger partial charge in [-0.3, -0.25) is 0 Å². The van der Waals surface area contributed by atoms with E-state index in [0.717, 1.165) is 30.6 Å². The molecular formula is C13H14BrFN2. The highest BCUT2D eigenvalue weighted by atomic mass is 79.9. The normalized spacial score (nSPS) is 10.8. The number of anilines is 1. The van der Waals surface area contributed by atoms with Crippen LogP contribution in [0.5, 0.6) is 0 Å². The first-order valence-electron chi connectivity index (χ1n) is 5.70. The summed E-state index contributed by atoms with van der Waals surface area (Å²) in [6, 6.07) is 5.05. The average Bonchev–Trinajstić information content (AvgIpc) is 2.32. The van der Waals surface area contributed by atoms with Crippen LogP contribution >= 0.6 is 15.9 Å². The second-order valence-electron chi connectivity index (χ2n) is 3.90. The number of nitrogens with one attached hydrogen (secondary N) is 1. The molecule has 0 aliphatic rings. The third kappa shape index (κ3) is 2.57. The Kier molecular flexibility index (Phi) is 3.94. The summed E-state index contributed by atoms with van der Waals surface area (Å²) >= 11 is 3.33. The van der Waals surface area contributed by atoms with Crippen LogP contribution in [-0.2, 0) is 0 Å². The molecule has 2 aromatic rings. The number of aromatic nitrogens is 1. The molecule has 0 saturated heterocycles. The molecule has 2 nitrogen and oxygen atoms in total. The molecule has 1 aromatic carbocycles.